The largest absolute Gasteiger partial charge is 0.333 e. The molecule has 1 atom stereocenters. The molecule has 0 saturated heterocycles. The third-order valence-corrected chi connectivity index (χ3v) is 4.26. The second-order valence-electron chi connectivity index (χ2n) is 7.06. The Kier molecular flexibility index (Phi) is 6.73. The van der Waals surface area contributed by atoms with Crippen molar-refractivity contribution in [3.05, 3.63) is 24.3 Å². The van der Waals surface area contributed by atoms with Crippen molar-refractivity contribution >= 4 is 35.3 Å². The fourth-order valence-corrected chi connectivity index (χ4v) is 2.94. The number of benzene rings is 1. The second kappa shape index (κ2) is 8.83. The third kappa shape index (κ3) is 6.34. The van der Waals surface area contributed by atoms with Crippen LogP contribution >= 0.6 is 11.8 Å². The standard InChI is InChI=1S/C17H23N7O3S/c1-10(14(26)19-15(27)20-17(3,4)5)28-16-21-22-23-24(16)13-8-6-7-12(9-13)18-11(2)25/h6-10H,1-5H3,(H,18,25)(H2,19,20,26,27). The molecular formula is C17H23N7O3S. The maximum Gasteiger partial charge on any atom is 0.321 e. The minimum absolute atomic E-state index is 0.192. The molecule has 28 heavy (non-hydrogen) atoms. The van der Waals surface area contributed by atoms with Gasteiger partial charge in [-0.05, 0) is 56.3 Å². The van der Waals surface area contributed by atoms with Crippen LogP contribution in [0.2, 0.25) is 0 Å². The van der Waals surface area contributed by atoms with Gasteiger partial charge in [0.05, 0.1) is 10.9 Å². The lowest BCUT2D eigenvalue weighted by molar-refractivity contribution is -0.119. The monoisotopic (exact) mass is 405 g/mol. The van der Waals surface area contributed by atoms with E-state index in [0.29, 0.717) is 16.5 Å². The normalized spacial score (nSPS) is 12.2. The summed E-state index contributed by atoms with van der Waals surface area (Å²) in [6, 6.07) is 6.42. The second-order valence-corrected chi connectivity index (χ2v) is 8.37. The van der Waals surface area contributed by atoms with Crippen molar-refractivity contribution in [1.29, 1.82) is 0 Å². The highest BCUT2D eigenvalue weighted by Gasteiger charge is 2.22. The lowest BCUT2D eigenvalue weighted by atomic mass is 10.1. The Morgan fingerprint density at radius 2 is 1.93 bits per heavy atom. The van der Waals surface area contributed by atoms with Gasteiger partial charge in [0, 0.05) is 18.2 Å². The van der Waals surface area contributed by atoms with Crippen molar-refractivity contribution in [3.8, 4) is 5.69 Å². The number of thioether (sulfide) groups is 1. The number of tetrazole rings is 1. The molecule has 0 aliphatic carbocycles. The van der Waals surface area contributed by atoms with E-state index in [-0.39, 0.29) is 5.91 Å². The number of nitrogens with zero attached hydrogens (tertiary/aromatic N) is 4. The molecule has 0 bridgehead atoms. The van der Waals surface area contributed by atoms with Crippen molar-refractivity contribution in [1.82, 2.24) is 30.8 Å². The molecule has 1 aromatic carbocycles. The number of anilines is 1. The summed E-state index contributed by atoms with van der Waals surface area (Å²) in [5, 5.41) is 18.9. The molecular weight excluding hydrogens is 382 g/mol. The van der Waals surface area contributed by atoms with Gasteiger partial charge < -0.3 is 10.6 Å². The predicted octanol–water partition coefficient (Wildman–Crippen LogP) is 1.73. The summed E-state index contributed by atoms with van der Waals surface area (Å²) in [4.78, 5) is 35.4. The van der Waals surface area contributed by atoms with Crippen LogP contribution in [-0.2, 0) is 9.59 Å². The van der Waals surface area contributed by atoms with Gasteiger partial charge in [-0.1, -0.05) is 17.8 Å². The van der Waals surface area contributed by atoms with Gasteiger partial charge in [0.25, 0.3) is 0 Å². The molecule has 0 saturated carbocycles. The fourth-order valence-electron chi connectivity index (χ4n) is 2.13. The zero-order chi connectivity index (χ0) is 20.9. The summed E-state index contributed by atoms with van der Waals surface area (Å²) >= 11 is 1.11. The number of nitrogens with one attached hydrogen (secondary N) is 3. The Morgan fingerprint density at radius 3 is 2.57 bits per heavy atom. The third-order valence-electron chi connectivity index (χ3n) is 3.23. The average molecular weight is 405 g/mol. The van der Waals surface area contributed by atoms with Gasteiger partial charge in [-0.2, -0.15) is 4.68 Å². The van der Waals surface area contributed by atoms with Crippen LogP contribution in [0.1, 0.15) is 34.6 Å². The van der Waals surface area contributed by atoms with Crippen molar-refractivity contribution in [3.63, 3.8) is 0 Å². The van der Waals surface area contributed by atoms with Crippen LogP contribution in [0.25, 0.3) is 5.69 Å². The number of aromatic nitrogens is 4. The highest BCUT2D eigenvalue weighted by atomic mass is 32.2. The van der Waals surface area contributed by atoms with Crippen molar-refractivity contribution in [2.75, 3.05) is 5.32 Å². The van der Waals surface area contributed by atoms with E-state index in [9.17, 15) is 14.4 Å². The first-order valence-corrected chi connectivity index (χ1v) is 9.39. The Balaban J connectivity index is 2.08. The van der Waals surface area contributed by atoms with Crippen LogP contribution in [0.4, 0.5) is 10.5 Å². The van der Waals surface area contributed by atoms with Crippen LogP contribution in [0.15, 0.2) is 29.4 Å². The van der Waals surface area contributed by atoms with Crippen LogP contribution in [-0.4, -0.2) is 48.8 Å². The maximum atomic E-state index is 12.3. The first-order valence-electron chi connectivity index (χ1n) is 8.51. The Labute approximate surface area is 166 Å². The molecule has 0 aliphatic rings. The lowest BCUT2D eigenvalue weighted by Gasteiger charge is -2.21. The number of amides is 4. The molecule has 3 N–H and O–H groups in total. The lowest BCUT2D eigenvalue weighted by Crippen LogP contribution is -2.49. The van der Waals surface area contributed by atoms with Gasteiger partial charge in [-0.3, -0.25) is 14.9 Å². The van der Waals surface area contributed by atoms with E-state index in [1.807, 2.05) is 20.8 Å². The molecule has 4 amide bonds. The molecule has 0 spiro atoms. The van der Waals surface area contributed by atoms with E-state index in [1.165, 1.54) is 11.6 Å². The fraction of sp³-hybridized carbons (Fsp3) is 0.412. The number of rotatable bonds is 5. The smallest absolute Gasteiger partial charge is 0.321 e. The summed E-state index contributed by atoms with van der Waals surface area (Å²) in [5.41, 5.74) is 0.766. The van der Waals surface area contributed by atoms with E-state index in [4.69, 9.17) is 0 Å². The highest BCUT2D eigenvalue weighted by molar-refractivity contribution is 8.00. The van der Waals surface area contributed by atoms with Crippen LogP contribution in [0, 0.1) is 0 Å². The number of carbonyl (C=O) groups is 3. The van der Waals surface area contributed by atoms with Crippen LogP contribution in [0.5, 0.6) is 0 Å². The van der Waals surface area contributed by atoms with Gasteiger partial charge in [0.1, 0.15) is 0 Å². The number of carbonyl (C=O) groups excluding carboxylic acids is 3. The predicted molar refractivity (Wildman–Crippen MR) is 105 cm³/mol. The van der Waals surface area contributed by atoms with E-state index in [0.717, 1.165) is 11.8 Å². The first kappa shape index (κ1) is 21.4. The van der Waals surface area contributed by atoms with Gasteiger partial charge in [-0.15, -0.1) is 5.10 Å². The summed E-state index contributed by atoms with van der Waals surface area (Å²) < 4.78 is 1.45. The van der Waals surface area contributed by atoms with Gasteiger partial charge in [0.2, 0.25) is 17.0 Å². The van der Waals surface area contributed by atoms with Crippen LogP contribution in [0.3, 0.4) is 0 Å². The molecule has 11 heteroatoms. The number of urea groups is 1. The Hall–Kier alpha value is -2.95. The molecule has 1 heterocycles. The van der Waals surface area contributed by atoms with E-state index in [2.05, 4.69) is 31.5 Å². The molecule has 1 unspecified atom stereocenters. The molecule has 0 aliphatic heterocycles. The summed E-state index contributed by atoms with van der Waals surface area (Å²) in [6.45, 7) is 8.52. The Bertz CT molecular complexity index is 876. The van der Waals surface area contributed by atoms with Crippen molar-refractivity contribution < 1.29 is 14.4 Å². The zero-order valence-electron chi connectivity index (χ0n) is 16.3. The molecule has 0 radical (unpaired) electrons. The topological polar surface area (TPSA) is 131 Å². The summed E-state index contributed by atoms with van der Waals surface area (Å²) in [7, 11) is 0. The van der Waals surface area contributed by atoms with Crippen molar-refractivity contribution in [2.45, 2.75) is 50.6 Å². The minimum Gasteiger partial charge on any atom is -0.333 e. The number of imide groups is 1. The molecule has 10 nitrogen and oxygen atoms in total. The number of hydrogen-bond donors (Lipinski definition) is 3. The zero-order valence-corrected chi connectivity index (χ0v) is 17.1. The molecule has 2 rings (SSSR count). The molecule has 150 valence electrons. The minimum atomic E-state index is -0.617. The quantitative estimate of drug-likeness (QED) is 0.646. The molecule has 1 aromatic heterocycles. The van der Waals surface area contributed by atoms with Crippen molar-refractivity contribution in [2.24, 2.45) is 0 Å². The Morgan fingerprint density at radius 1 is 1.21 bits per heavy atom. The highest BCUT2D eigenvalue weighted by Crippen LogP contribution is 2.24. The molecule has 0 fully saturated rings. The van der Waals surface area contributed by atoms with Gasteiger partial charge in [0.15, 0.2) is 0 Å². The number of hydrogen-bond acceptors (Lipinski definition) is 7. The SMILES string of the molecule is CC(=O)Nc1cccc(-n2nnnc2SC(C)C(=O)NC(=O)NC(C)(C)C)c1. The maximum absolute atomic E-state index is 12.3. The van der Waals surface area contributed by atoms with E-state index in [1.54, 1.807) is 31.2 Å². The average Bonchev–Trinajstić information content (AvgIpc) is 3.00. The van der Waals surface area contributed by atoms with Gasteiger partial charge >= 0.3 is 6.03 Å². The first-order chi connectivity index (χ1) is 13.0. The summed E-state index contributed by atoms with van der Waals surface area (Å²) in [6.07, 6.45) is 0. The van der Waals surface area contributed by atoms with E-state index < -0.39 is 22.7 Å². The molecule has 2 aromatic rings. The van der Waals surface area contributed by atoms with Gasteiger partial charge in [-0.25, -0.2) is 4.79 Å². The summed E-state index contributed by atoms with van der Waals surface area (Å²) in [5.74, 6) is -0.657. The van der Waals surface area contributed by atoms with E-state index >= 15 is 0 Å². The van der Waals surface area contributed by atoms with Crippen LogP contribution < -0.4 is 16.0 Å².